The van der Waals surface area contributed by atoms with E-state index in [1.165, 1.54) is 4.90 Å². The summed E-state index contributed by atoms with van der Waals surface area (Å²) in [6.07, 6.45) is 0. The molecule has 1 aromatic carbocycles. The second-order valence-electron chi connectivity index (χ2n) is 4.34. The van der Waals surface area contributed by atoms with Gasteiger partial charge < -0.3 is 9.80 Å². The lowest BCUT2D eigenvalue weighted by atomic mass is 10.1. The summed E-state index contributed by atoms with van der Waals surface area (Å²) in [6, 6.07) is 1.69. The van der Waals surface area contributed by atoms with E-state index in [2.05, 4.69) is 4.90 Å². The van der Waals surface area contributed by atoms with Gasteiger partial charge in [-0.25, -0.2) is 8.78 Å². The van der Waals surface area contributed by atoms with E-state index in [9.17, 15) is 13.6 Å². The minimum Gasteiger partial charge on any atom is -0.336 e. The van der Waals surface area contributed by atoms with Gasteiger partial charge in [-0.3, -0.25) is 4.79 Å². The van der Waals surface area contributed by atoms with Gasteiger partial charge in [0.2, 0.25) is 0 Å². The average molecular weight is 275 g/mol. The molecule has 0 aliphatic carbocycles. The van der Waals surface area contributed by atoms with E-state index in [0.29, 0.717) is 13.1 Å². The van der Waals surface area contributed by atoms with Gasteiger partial charge >= 0.3 is 0 Å². The summed E-state index contributed by atoms with van der Waals surface area (Å²) in [5.74, 6) is -2.06. The molecule has 1 fully saturated rings. The Kier molecular flexibility index (Phi) is 3.82. The molecule has 3 nitrogen and oxygen atoms in total. The Morgan fingerprint density at radius 1 is 1.17 bits per heavy atom. The molecule has 0 unspecified atom stereocenters. The highest BCUT2D eigenvalue weighted by Crippen LogP contribution is 2.20. The SMILES string of the molecule is CN1CCN(C(=O)c2cc(F)c(Cl)cc2F)CC1. The average Bonchev–Trinajstić information content (AvgIpc) is 2.34. The van der Waals surface area contributed by atoms with Gasteiger partial charge in [0, 0.05) is 26.2 Å². The number of nitrogens with zero attached hydrogens (tertiary/aromatic N) is 2. The van der Waals surface area contributed by atoms with Crippen LogP contribution in [0.4, 0.5) is 8.78 Å². The number of halogens is 3. The Hall–Kier alpha value is -1.20. The van der Waals surface area contributed by atoms with Crippen LogP contribution >= 0.6 is 11.6 Å². The number of hydrogen-bond acceptors (Lipinski definition) is 2. The highest BCUT2D eigenvalue weighted by Gasteiger charge is 2.23. The lowest BCUT2D eigenvalue weighted by Crippen LogP contribution is -2.47. The van der Waals surface area contributed by atoms with Gasteiger partial charge in [-0.2, -0.15) is 0 Å². The van der Waals surface area contributed by atoms with Crippen LogP contribution in [0.1, 0.15) is 10.4 Å². The molecule has 0 bridgehead atoms. The molecular weight excluding hydrogens is 262 g/mol. The van der Waals surface area contributed by atoms with Gasteiger partial charge in [-0.05, 0) is 19.2 Å². The van der Waals surface area contributed by atoms with E-state index in [4.69, 9.17) is 11.6 Å². The van der Waals surface area contributed by atoms with Crippen molar-refractivity contribution >= 4 is 17.5 Å². The smallest absolute Gasteiger partial charge is 0.257 e. The normalized spacial score (nSPS) is 17.0. The molecular formula is C12H13ClF2N2O. The largest absolute Gasteiger partial charge is 0.336 e. The van der Waals surface area contributed by atoms with Gasteiger partial charge in [-0.15, -0.1) is 0 Å². The Morgan fingerprint density at radius 3 is 2.39 bits per heavy atom. The predicted octanol–water partition coefficient (Wildman–Crippen LogP) is 2.01. The molecule has 0 radical (unpaired) electrons. The topological polar surface area (TPSA) is 23.6 Å². The van der Waals surface area contributed by atoms with Crippen molar-refractivity contribution in [2.75, 3.05) is 33.2 Å². The number of hydrogen-bond donors (Lipinski definition) is 0. The van der Waals surface area contributed by atoms with Crippen LogP contribution in [0.5, 0.6) is 0 Å². The van der Waals surface area contributed by atoms with Crippen molar-refractivity contribution in [1.82, 2.24) is 9.80 Å². The maximum absolute atomic E-state index is 13.6. The fourth-order valence-corrected chi connectivity index (χ4v) is 2.02. The molecule has 1 aliphatic heterocycles. The maximum Gasteiger partial charge on any atom is 0.257 e. The molecule has 2 rings (SSSR count). The third-order valence-electron chi connectivity index (χ3n) is 3.03. The van der Waals surface area contributed by atoms with Gasteiger partial charge in [0.1, 0.15) is 11.6 Å². The molecule has 0 aromatic heterocycles. The van der Waals surface area contributed by atoms with Crippen molar-refractivity contribution < 1.29 is 13.6 Å². The molecule has 18 heavy (non-hydrogen) atoms. The Bertz CT molecular complexity index is 473. The first-order valence-corrected chi connectivity index (χ1v) is 5.99. The fourth-order valence-electron chi connectivity index (χ4n) is 1.87. The minimum absolute atomic E-state index is 0.263. The summed E-state index contributed by atoms with van der Waals surface area (Å²) in [7, 11) is 1.95. The highest BCUT2D eigenvalue weighted by molar-refractivity contribution is 6.30. The van der Waals surface area contributed by atoms with E-state index in [1.54, 1.807) is 0 Å². The molecule has 1 saturated heterocycles. The van der Waals surface area contributed by atoms with Crippen molar-refractivity contribution in [2.24, 2.45) is 0 Å². The van der Waals surface area contributed by atoms with E-state index in [-0.39, 0.29) is 10.6 Å². The van der Waals surface area contributed by atoms with Crippen LogP contribution in [-0.4, -0.2) is 48.9 Å². The number of likely N-dealkylation sites (N-methyl/N-ethyl adjacent to an activating group) is 1. The van der Waals surface area contributed by atoms with Crippen molar-refractivity contribution in [3.8, 4) is 0 Å². The number of carbonyl (C=O) groups excluding carboxylic acids is 1. The Morgan fingerprint density at radius 2 is 1.78 bits per heavy atom. The molecule has 0 saturated carbocycles. The zero-order valence-corrected chi connectivity index (χ0v) is 10.7. The molecule has 0 spiro atoms. The Balaban J connectivity index is 2.21. The van der Waals surface area contributed by atoms with Crippen LogP contribution in [0.3, 0.4) is 0 Å². The van der Waals surface area contributed by atoms with Crippen LogP contribution in [0, 0.1) is 11.6 Å². The van der Waals surface area contributed by atoms with Gasteiger partial charge in [-0.1, -0.05) is 11.6 Å². The standard InChI is InChI=1S/C12H13ClF2N2O/c1-16-2-4-17(5-3-16)12(18)8-6-11(15)9(13)7-10(8)14/h6-7H,2-5H2,1H3. The molecule has 0 atom stereocenters. The number of benzene rings is 1. The van der Waals surface area contributed by atoms with Crippen molar-refractivity contribution in [3.05, 3.63) is 34.4 Å². The lowest BCUT2D eigenvalue weighted by Gasteiger charge is -2.32. The van der Waals surface area contributed by atoms with E-state index < -0.39 is 17.5 Å². The van der Waals surface area contributed by atoms with E-state index in [1.807, 2.05) is 7.05 Å². The zero-order valence-electron chi connectivity index (χ0n) is 9.92. The molecule has 6 heteroatoms. The number of carbonyl (C=O) groups is 1. The lowest BCUT2D eigenvalue weighted by molar-refractivity contribution is 0.0659. The Labute approximate surface area is 109 Å². The highest BCUT2D eigenvalue weighted by atomic mass is 35.5. The third-order valence-corrected chi connectivity index (χ3v) is 3.32. The first-order valence-electron chi connectivity index (χ1n) is 5.61. The first kappa shape index (κ1) is 13.2. The van der Waals surface area contributed by atoms with E-state index in [0.717, 1.165) is 25.2 Å². The third kappa shape index (κ3) is 2.62. The van der Waals surface area contributed by atoms with Gasteiger partial charge in [0.15, 0.2) is 0 Å². The van der Waals surface area contributed by atoms with Crippen molar-refractivity contribution in [1.29, 1.82) is 0 Å². The van der Waals surface area contributed by atoms with Crippen LogP contribution in [0.15, 0.2) is 12.1 Å². The van der Waals surface area contributed by atoms with Gasteiger partial charge in [0.25, 0.3) is 5.91 Å². The van der Waals surface area contributed by atoms with E-state index >= 15 is 0 Å². The second-order valence-corrected chi connectivity index (χ2v) is 4.75. The maximum atomic E-state index is 13.6. The first-order chi connectivity index (χ1) is 8.49. The summed E-state index contributed by atoms with van der Waals surface area (Å²) >= 11 is 5.45. The van der Waals surface area contributed by atoms with Crippen LogP contribution < -0.4 is 0 Å². The van der Waals surface area contributed by atoms with Crippen LogP contribution in [0.2, 0.25) is 5.02 Å². The van der Waals surface area contributed by atoms with Crippen molar-refractivity contribution in [2.45, 2.75) is 0 Å². The van der Waals surface area contributed by atoms with Crippen molar-refractivity contribution in [3.63, 3.8) is 0 Å². The van der Waals surface area contributed by atoms with Crippen LogP contribution in [-0.2, 0) is 0 Å². The summed E-state index contributed by atoms with van der Waals surface area (Å²) in [4.78, 5) is 15.6. The molecule has 0 N–H and O–H groups in total. The van der Waals surface area contributed by atoms with Gasteiger partial charge in [0.05, 0.1) is 10.6 Å². The molecule has 1 aliphatic rings. The molecule has 98 valence electrons. The second kappa shape index (κ2) is 5.20. The summed E-state index contributed by atoms with van der Waals surface area (Å²) in [5, 5.41) is -0.317. The quantitative estimate of drug-likeness (QED) is 0.732. The number of rotatable bonds is 1. The predicted molar refractivity (Wildman–Crippen MR) is 64.8 cm³/mol. The molecule has 1 heterocycles. The molecule has 1 amide bonds. The summed E-state index contributed by atoms with van der Waals surface area (Å²) in [5.41, 5.74) is -0.263. The summed E-state index contributed by atoms with van der Waals surface area (Å²) < 4.78 is 26.9. The number of amides is 1. The van der Waals surface area contributed by atoms with Crippen LogP contribution in [0.25, 0.3) is 0 Å². The minimum atomic E-state index is -0.787. The monoisotopic (exact) mass is 274 g/mol. The zero-order chi connectivity index (χ0) is 13.3. The fraction of sp³-hybridized carbons (Fsp3) is 0.417. The number of piperazine rings is 1. The molecule has 1 aromatic rings. The summed E-state index contributed by atoms with van der Waals surface area (Å²) in [6.45, 7) is 2.48.